The van der Waals surface area contributed by atoms with Gasteiger partial charge >= 0.3 is 0 Å². The number of carbonyl (C=O) groups excluding carboxylic acids is 1. The first-order valence-electron chi connectivity index (χ1n) is 9.56. The molecule has 0 spiro atoms. The van der Waals surface area contributed by atoms with Crippen molar-refractivity contribution in [1.82, 2.24) is 24.4 Å². The van der Waals surface area contributed by atoms with Crippen LogP contribution in [0.3, 0.4) is 0 Å². The van der Waals surface area contributed by atoms with E-state index in [1.54, 1.807) is 25.1 Å². The largest absolute Gasteiger partial charge is 0.493 e. The molecular weight excluding hydrogens is 370 g/mol. The van der Waals surface area contributed by atoms with Gasteiger partial charge in [-0.1, -0.05) is 19.9 Å². The summed E-state index contributed by atoms with van der Waals surface area (Å²) < 4.78 is 12.5. The minimum atomic E-state index is -0.134. The van der Waals surface area contributed by atoms with Gasteiger partial charge in [0.15, 0.2) is 22.8 Å². The number of aromatic nitrogens is 4. The zero-order valence-corrected chi connectivity index (χ0v) is 17.5. The molecule has 0 aliphatic heterocycles. The summed E-state index contributed by atoms with van der Waals surface area (Å²) in [5.41, 5.74) is 2.58. The molecule has 0 radical (unpaired) electrons. The van der Waals surface area contributed by atoms with Gasteiger partial charge in [-0.3, -0.25) is 4.79 Å². The van der Waals surface area contributed by atoms with Gasteiger partial charge < -0.3 is 18.9 Å². The first-order valence-corrected chi connectivity index (χ1v) is 9.56. The van der Waals surface area contributed by atoms with Crippen molar-refractivity contribution >= 4 is 17.1 Å². The average molecular weight is 397 g/mol. The lowest BCUT2D eigenvalue weighted by Crippen LogP contribution is -2.36. The van der Waals surface area contributed by atoms with Gasteiger partial charge in [0.25, 0.3) is 5.91 Å². The van der Waals surface area contributed by atoms with Crippen molar-refractivity contribution in [3.05, 3.63) is 42.1 Å². The van der Waals surface area contributed by atoms with Gasteiger partial charge in [0.1, 0.15) is 11.8 Å². The maximum Gasteiger partial charge on any atom is 0.274 e. The molecule has 2 aromatic heterocycles. The highest BCUT2D eigenvalue weighted by molar-refractivity contribution is 6.02. The summed E-state index contributed by atoms with van der Waals surface area (Å²) in [6.45, 7) is 5.37. The molecule has 0 aliphatic carbocycles. The van der Waals surface area contributed by atoms with E-state index in [4.69, 9.17) is 9.47 Å². The fraction of sp³-hybridized carbons (Fsp3) is 0.429. The number of nitrogens with zero attached hydrogens (tertiary/aromatic N) is 5. The van der Waals surface area contributed by atoms with Gasteiger partial charge in [0.05, 0.1) is 20.5 Å². The Kier molecular flexibility index (Phi) is 6.31. The fourth-order valence-corrected chi connectivity index (χ4v) is 3.27. The number of amides is 1. The minimum absolute atomic E-state index is 0.134. The normalized spacial score (nSPS) is 11.1. The Morgan fingerprint density at radius 3 is 2.59 bits per heavy atom. The average Bonchev–Trinajstić information content (AvgIpc) is 3.11. The van der Waals surface area contributed by atoms with Crippen LogP contribution in [-0.2, 0) is 13.5 Å². The molecule has 1 aromatic carbocycles. The van der Waals surface area contributed by atoms with E-state index in [9.17, 15) is 4.79 Å². The number of hydrogen-bond donors (Lipinski definition) is 0. The predicted molar refractivity (Wildman–Crippen MR) is 110 cm³/mol. The van der Waals surface area contributed by atoms with Crippen molar-refractivity contribution in [3.63, 3.8) is 0 Å². The highest BCUT2D eigenvalue weighted by Gasteiger charge is 2.22. The Bertz CT molecular complexity index is 999. The molecule has 0 fully saturated rings. The number of hydrogen-bond acceptors (Lipinski definition) is 6. The maximum absolute atomic E-state index is 13.3. The summed E-state index contributed by atoms with van der Waals surface area (Å²) in [6.07, 6.45) is 3.75. The van der Waals surface area contributed by atoms with Crippen LogP contribution in [0.25, 0.3) is 11.2 Å². The second-order valence-electron chi connectivity index (χ2n) is 7.33. The number of imidazole rings is 1. The molecule has 154 valence electrons. The molecule has 3 aromatic rings. The van der Waals surface area contributed by atoms with E-state index in [1.165, 1.54) is 6.33 Å². The van der Waals surface area contributed by atoms with Gasteiger partial charge in [-0.15, -0.1) is 0 Å². The van der Waals surface area contributed by atoms with E-state index < -0.39 is 0 Å². The molecule has 0 unspecified atom stereocenters. The molecule has 0 saturated carbocycles. The van der Waals surface area contributed by atoms with Crippen LogP contribution in [0.5, 0.6) is 11.5 Å². The summed E-state index contributed by atoms with van der Waals surface area (Å²) in [7, 11) is 5.07. The summed E-state index contributed by atoms with van der Waals surface area (Å²) in [5.74, 6) is 1.55. The van der Waals surface area contributed by atoms with Crippen LogP contribution in [0, 0.1) is 5.92 Å². The van der Waals surface area contributed by atoms with Crippen molar-refractivity contribution in [1.29, 1.82) is 0 Å². The van der Waals surface area contributed by atoms with Crippen LogP contribution in [0.1, 0.15) is 29.9 Å². The molecule has 2 heterocycles. The molecule has 0 aliphatic rings. The third-order valence-electron chi connectivity index (χ3n) is 4.69. The Hall–Kier alpha value is -3.16. The fourth-order valence-electron chi connectivity index (χ4n) is 3.27. The zero-order chi connectivity index (χ0) is 21.0. The lowest BCUT2D eigenvalue weighted by Gasteiger charge is -2.24. The Morgan fingerprint density at radius 2 is 1.90 bits per heavy atom. The third kappa shape index (κ3) is 4.47. The smallest absolute Gasteiger partial charge is 0.274 e. The summed E-state index contributed by atoms with van der Waals surface area (Å²) in [5, 5.41) is 0. The Balaban J connectivity index is 1.83. The van der Waals surface area contributed by atoms with Crippen molar-refractivity contribution in [2.75, 3.05) is 27.3 Å². The monoisotopic (exact) mass is 397 g/mol. The highest BCUT2D eigenvalue weighted by atomic mass is 16.5. The molecule has 3 rings (SSSR count). The second-order valence-corrected chi connectivity index (χ2v) is 7.33. The SMILES string of the molecule is COc1ccc(CCN(CC(C)C)C(=O)c2ncnc3c2ncn3C)cc1OC. The van der Waals surface area contributed by atoms with Gasteiger partial charge in [-0.05, 0) is 30.0 Å². The first kappa shape index (κ1) is 20.6. The second kappa shape index (κ2) is 8.89. The number of fused-ring (bicyclic) bond motifs is 1. The van der Waals surface area contributed by atoms with Gasteiger partial charge in [-0.2, -0.15) is 0 Å². The van der Waals surface area contributed by atoms with Crippen LogP contribution in [0.4, 0.5) is 0 Å². The molecule has 0 saturated heterocycles. The van der Waals surface area contributed by atoms with Gasteiger partial charge in [-0.25, -0.2) is 15.0 Å². The highest BCUT2D eigenvalue weighted by Crippen LogP contribution is 2.28. The molecule has 0 atom stereocenters. The Morgan fingerprint density at radius 1 is 1.14 bits per heavy atom. The number of rotatable bonds is 8. The summed E-state index contributed by atoms with van der Waals surface area (Å²) in [6, 6.07) is 5.81. The van der Waals surface area contributed by atoms with E-state index in [-0.39, 0.29) is 5.91 Å². The number of carbonyl (C=O) groups is 1. The minimum Gasteiger partial charge on any atom is -0.493 e. The number of ether oxygens (including phenoxy) is 2. The van der Waals surface area contributed by atoms with Crippen molar-refractivity contribution < 1.29 is 14.3 Å². The molecule has 0 N–H and O–H groups in total. The number of benzene rings is 1. The van der Waals surface area contributed by atoms with E-state index in [2.05, 4.69) is 28.8 Å². The molecule has 1 amide bonds. The molecule has 8 heteroatoms. The molecule has 29 heavy (non-hydrogen) atoms. The summed E-state index contributed by atoms with van der Waals surface area (Å²) in [4.78, 5) is 27.9. The standard InChI is InChI=1S/C21H27N5O3/c1-14(2)11-26(9-8-15-6-7-16(28-4)17(10-15)29-5)21(27)19-18-20(23-12-22-19)25(3)13-24-18/h6-7,10,12-14H,8-9,11H2,1-5H3. The Labute approximate surface area is 170 Å². The third-order valence-corrected chi connectivity index (χ3v) is 4.69. The zero-order valence-electron chi connectivity index (χ0n) is 17.5. The van der Waals surface area contributed by atoms with Crippen LogP contribution in [0.15, 0.2) is 30.9 Å². The van der Waals surface area contributed by atoms with Gasteiger partial charge in [0.2, 0.25) is 0 Å². The van der Waals surface area contributed by atoms with Crippen molar-refractivity contribution in [2.45, 2.75) is 20.3 Å². The lowest BCUT2D eigenvalue weighted by molar-refractivity contribution is 0.0734. The van der Waals surface area contributed by atoms with Crippen LogP contribution >= 0.6 is 0 Å². The molecular formula is C21H27N5O3. The topological polar surface area (TPSA) is 82.4 Å². The van der Waals surface area contributed by atoms with Crippen LogP contribution in [-0.4, -0.2) is 57.6 Å². The van der Waals surface area contributed by atoms with E-state index in [0.717, 1.165) is 5.56 Å². The molecule has 8 nitrogen and oxygen atoms in total. The number of aryl methyl sites for hydroxylation is 1. The van der Waals surface area contributed by atoms with E-state index in [0.29, 0.717) is 53.8 Å². The van der Waals surface area contributed by atoms with Gasteiger partial charge in [0, 0.05) is 20.1 Å². The quantitative estimate of drug-likeness (QED) is 0.581. The van der Waals surface area contributed by atoms with Crippen LogP contribution in [0.2, 0.25) is 0 Å². The maximum atomic E-state index is 13.3. The van der Waals surface area contributed by atoms with Crippen molar-refractivity contribution in [2.24, 2.45) is 13.0 Å². The summed E-state index contributed by atoms with van der Waals surface area (Å²) >= 11 is 0. The predicted octanol–water partition coefficient (Wildman–Crippen LogP) is 2.72. The van der Waals surface area contributed by atoms with Crippen molar-refractivity contribution in [3.8, 4) is 11.5 Å². The van der Waals surface area contributed by atoms with E-state index >= 15 is 0 Å². The number of methoxy groups -OCH3 is 2. The first-order chi connectivity index (χ1) is 13.9. The van der Waals surface area contributed by atoms with E-state index in [1.807, 2.05) is 30.1 Å². The molecule has 0 bridgehead atoms. The lowest BCUT2D eigenvalue weighted by atomic mass is 10.1. The van der Waals surface area contributed by atoms with Crippen LogP contribution < -0.4 is 9.47 Å².